The molecule has 2 amide bonds. The number of carbonyl (C=O) groups is 3. The maximum Gasteiger partial charge on any atom is 0.307 e. The largest absolute Gasteiger partial charge is 0.469 e. The summed E-state index contributed by atoms with van der Waals surface area (Å²) in [7, 11) is 1.29. The number of imide groups is 1. The number of nitrogens with zero attached hydrogens (tertiary/aromatic N) is 1. The van der Waals surface area contributed by atoms with Crippen molar-refractivity contribution in [3.8, 4) is 0 Å². The van der Waals surface area contributed by atoms with Crippen LogP contribution in [0.15, 0.2) is 42.5 Å². The summed E-state index contributed by atoms with van der Waals surface area (Å²) in [6.45, 7) is 3.94. The van der Waals surface area contributed by atoms with Crippen molar-refractivity contribution in [1.29, 1.82) is 0 Å². The van der Waals surface area contributed by atoms with Crippen LogP contribution in [0, 0.1) is 13.8 Å². The van der Waals surface area contributed by atoms with Gasteiger partial charge in [0.1, 0.15) is 0 Å². The maximum atomic E-state index is 12.8. The average Bonchev–Trinajstić information content (AvgIpc) is 2.87. The minimum absolute atomic E-state index is 0.0789. The summed E-state index contributed by atoms with van der Waals surface area (Å²) in [5.41, 5.74) is 3.60. The van der Waals surface area contributed by atoms with Crippen LogP contribution < -0.4 is 0 Å². The Morgan fingerprint density at radius 3 is 2.12 bits per heavy atom. The zero-order valence-electron chi connectivity index (χ0n) is 14.4. The van der Waals surface area contributed by atoms with Gasteiger partial charge in [0.05, 0.1) is 30.7 Å². The fourth-order valence-electron chi connectivity index (χ4n) is 3.06. The summed E-state index contributed by atoms with van der Waals surface area (Å²) in [4.78, 5) is 38.7. The van der Waals surface area contributed by atoms with E-state index in [-0.39, 0.29) is 18.2 Å². The highest BCUT2D eigenvalue weighted by atomic mass is 16.5. The van der Waals surface area contributed by atoms with Gasteiger partial charge in [0.2, 0.25) is 0 Å². The highest BCUT2D eigenvalue weighted by Gasteiger charge is 2.41. The van der Waals surface area contributed by atoms with Gasteiger partial charge < -0.3 is 4.74 Å². The third-order valence-corrected chi connectivity index (χ3v) is 4.64. The van der Waals surface area contributed by atoms with Crippen molar-refractivity contribution < 1.29 is 19.1 Å². The summed E-state index contributed by atoms with van der Waals surface area (Å²) in [5.74, 6) is -1.24. The van der Waals surface area contributed by atoms with E-state index in [9.17, 15) is 14.4 Å². The lowest BCUT2D eigenvalue weighted by molar-refractivity contribution is -0.141. The van der Waals surface area contributed by atoms with Crippen molar-refractivity contribution >= 4 is 17.8 Å². The Hall–Kier alpha value is -2.95. The second-order valence-electron chi connectivity index (χ2n) is 6.17. The Kier molecular flexibility index (Phi) is 4.40. The van der Waals surface area contributed by atoms with E-state index in [1.165, 1.54) is 12.0 Å². The zero-order valence-corrected chi connectivity index (χ0v) is 14.4. The molecule has 0 radical (unpaired) electrons. The van der Waals surface area contributed by atoms with Crippen LogP contribution >= 0.6 is 0 Å². The molecular formula is C20H19NO4. The van der Waals surface area contributed by atoms with E-state index >= 15 is 0 Å². The Morgan fingerprint density at radius 2 is 1.60 bits per heavy atom. The molecule has 25 heavy (non-hydrogen) atoms. The first-order chi connectivity index (χ1) is 11.9. The first-order valence-corrected chi connectivity index (χ1v) is 8.05. The predicted octanol–water partition coefficient (Wildman–Crippen LogP) is 3.20. The van der Waals surface area contributed by atoms with Gasteiger partial charge in [-0.05, 0) is 42.7 Å². The van der Waals surface area contributed by atoms with E-state index < -0.39 is 12.0 Å². The molecule has 3 rings (SSSR count). The molecule has 1 aliphatic rings. The molecule has 0 aromatic heterocycles. The monoisotopic (exact) mass is 337 g/mol. The fourth-order valence-corrected chi connectivity index (χ4v) is 3.06. The Bertz CT molecular complexity index is 837. The second-order valence-corrected chi connectivity index (χ2v) is 6.17. The van der Waals surface area contributed by atoms with Crippen LogP contribution in [0.4, 0.5) is 0 Å². The Balaban J connectivity index is 2.06. The lowest BCUT2D eigenvalue weighted by atomic mass is 9.97. The van der Waals surface area contributed by atoms with Crippen LogP contribution in [-0.4, -0.2) is 29.8 Å². The maximum absolute atomic E-state index is 12.8. The molecule has 2 aromatic rings. The van der Waals surface area contributed by atoms with E-state index in [1.807, 2.05) is 32.0 Å². The second kappa shape index (κ2) is 6.51. The van der Waals surface area contributed by atoms with E-state index in [0.717, 1.165) is 16.7 Å². The van der Waals surface area contributed by atoms with Gasteiger partial charge >= 0.3 is 5.97 Å². The molecule has 0 spiro atoms. The molecular weight excluding hydrogens is 318 g/mol. The van der Waals surface area contributed by atoms with Gasteiger partial charge in [-0.1, -0.05) is 30.3 Å². The number of carbonyl (C=O) groups excluding carboxylic acids is 3. The van der Waals surface area contributed by atoms with Crippen molar-refractivity contribution in [2.45, 2.75) is 26.3 Å². The number of amides is 2. The van der Waals surface area contributed by atoms with E-state index in [4.69, 9.17) is 4.74 Å². The number of fused-ring (bicyclic) bond motifs is 1. The molecule has 1 heterocycles. The van der Waals surface area contributed by atoms with E-state index in [0.29, 0.717) is 11.1 Å². The predicted molar refractivity (Wildman–Crippen MR) is 92.2 cm³/mol. The van der Waals surface area contributed by atoms with Crippen molar-refractivity contribution in [2.24, 2.45) is 0 Å². The van der Waals surface area contributed by atoms with Gasteiger partial charge in [-0.25, -0.2) is 0 Å². The molecule has 0 N–H and O–H groups in total. The average molecular weight is 337 g/mol. The normalized spacial score (nSPS) is 14.4. The number of rotatable bonds is 4. The first-order valence-electron chi connectivity index (χ1n) is 8.05. The van der Waals surface area contributed by atoms with Crippen molar-refractivity contribution in [3.05, 3.63) is 70.3 Å². The number of hydrogen-bond acceptors (Lipinski definition) is 4. The molecule has 0 saturated heterocycles. The number of methoxy groups -OCH3 is 1. The lowest BCUT2D eigenvalue weighted by Gasteiger charge is -2.26. The third-order valence-electron chi connectivity index (χ3n) is 4.64. The highest BCUT2D eigenvalue weighted by molar-refractivity contribution is 6.21. The summed E-state index contributed by atoms with van der Waals surface area (Å²) >= 11 is 0. The van der Waals surface area contributed by atoms with Crippen molar-refractivity contribution in [1.82, 2.24) is 4.90 Å². The molecule has 0 bridgehead atoms. The van der Waals surface area contributed by atoms with Gasteiger partial charge in [0, 0.05) is 0 Å². The van der Waals surface area contributed by atoms with Gasteiger partial charge in [0.15, 0.2) is 0 Å². The van der Waals surface area contributed by atoms with Crippen LogP contribution in [0.3, 0.4) is 0 Å². The van der Waals surface area contributed by atoms with Crippen LogP contribution in [0.5, 0.6) is 0 Å². The van der Waals surface area contributed by atoms with Gasteiger partial charge in [0.25, 0.3) is 11.8 Å². The Labute approximate surface area is 146 Å². The standard InChI is InChI=1S/C20H19NO4/c1-12-8-9-14(10-13(12)2)17(11-18(22)25-3)21-19(23)15-6-4-5-7-16(15)20(21)24/h4-10,17H,11H2,1-3H3/t17-/m1/s1. The molecule has 0 unspecified atom stereocenters. The zero-order chi connectivity index (χ0) is 18.1. The topological polar surface area (TPSA) is 63.7 Å². The molecule has 0 aliphatic carbocycles. The number of benzene rings is 2. The van der Waals surface area contributed by atoms with Gasteiger partial charge in [-0.2, -0.15) is 0 Å². The number of esters is 1. The summed E-state index contributed by atoms with van der Waals surface area (Å²) < 4.78 is 4.78. The lowest BCUT2D eigenvalue weighted by Crippen LogP contribution is -2.35. The van der Waals surface area contributed by atoms with Crippen LogP contribution in [0.2, 0.25) is 0 Å². The molecule has 1 aliphatic heterocycles. The summed E-state index contributed by atoms with van der Waals surface area (Å²) in [5, 5.41) is 0. The minimum atomic E-state index is -0.695. The molecule has 0 fully saturated rings. The SMILES string of the molecule is COC(=O)C[C@H](c1ccc(C)c(C)c1)N1C(=O)c2ccccc2C1=O. The van der Waals surface area contributed by atoms with Crippen LogP contribution in [0.25, 0.3) is 0 Å². The quantitative estimate of drug-likeness (QED) is 0.635. The van der Waals surface area contributed by atoms with Crippen LogP contribution in [0.1, 0.15) is 49.9 Å². The highest BCUT2D eigenvalue weighted by Crippen LogP contribution is 2.34. The fraction of sp³-hybridized carbons (Fsp3) is 0.250. The minimum Gasteiger partial charge on any atom is -0.469 e. The van der Waals surface area contributed by atoms with E-state index in [1.54, 1.807) is 24.3 Å². The Morgan fingerprint density at radius 1 is 1.00 bits per heavy atom. The van der Waals surface area contributed by atoms with Gasteiger partial charge in [-0.3, -0.25) is 19.3 Å². The number of aryl methyl sites for hydroxylation is 2. The molecule has 2 aromatic carbocycles. The molecule has 5 heteroatoms. The molecule has 128 valence electrons. The number of hydrogen-bond donors (Lipinski definition) is 0. The third kappa shape index (κ3) is 2.93. The molecule has 5 nitrogen and oxygen atoms in total. The van der Waals surface area contributed by atoms with Crippen molar-refractivity contribution in [3.63, 3.8) is 0 Å². The first kappa shape index (κ1) is 16.9. The van der Waals surface area contributed by atoms with Gasteiger partial charge in [-0.15, -0.1) is 0 Å². The van der Waals surface area contributed by atoms with Crippen molar-refractivity contribution in [2.75, 3.05) is 7.11 Å². The smallest absolute Gasteiger partial charge is 0.307 e. The van der Waals surface area contributed by atoms with E-state index in [2.05, 4.69) is 0 Å². The van der Waals surface area contributed by atoms with Crippen LogP contribution in [-0.2, 0) is 9.53 Å². The molecule has 0 saturated carbocycles. The molecule has 1 atom stereocenters. The summed E-state index contributed by atoms with van der Waals surface area (Å²) in [6, 6.07) is 11.7. The number of ether oxygens (including phenoxy) is 1. The summed E-state index contributed by atoms with van der Waals surface area (Å²) in [6.07, 6.45) is -0.0789.